The first kappa shape index (κ1) is 9.47. The van der Waals surface area contributed by atoms with Gasteiger partial charge in [0.25, 0.3) is 0 Å². The van der Waals surface area contributed by atoms with E-state index in [4.69, 9.17) is 4.74 Å². The summed E-state index contributed by atoms with van der Waals surface area (Å²) in [6.07, 6.45) is 6.22. The first-order valence-electron chi connectivity index (χ1n) is 5.59. The van der Waals surface area contributed by atoms with E-state index in [2.05, 4.69) is 18.9 Å². The van der Waals surface area contributed by atoms with Crippen LogP contribution in [0.25, 0.3) is 0 Å². The second-order valence-electron chi connectivity index (χ2n) is 4.72. The third-order valence-corrected chi connectivity index (χ3v) is 3.53. The molecule has 2 heteroatoms. The number of rotatable bonds is 3. The van der Waals surface area contributed by atoms with Crippen molar-refractivity contribution in [3.8, 4) is 0 Å². The standard InChI is InChI=1S/C11H21NO/c1-9-5-3-4-6-11(9)12(2)7-10-8-13-10/h9-11H,3-8H2,1-2H3/t9?,10-,11?/m0/s1. The fourth-order valence-electron chi connectivity index (χ4n) is 2.58. The smallest absolute Gasteiger partial charge is 0.0936 e. The van der Waals surface area contributed by atoms with Crippen molar-refractivity contribution in [2.24, 2.45) is 5.92 Å². The Morgan fingerprint density at radius 3 is 2.62 bits per heavy atom. The summed E-state index contributed by atoms with van der Waals surface area (Å²) < 4.78 is 5.26. The number of nitrogens with zero attached hydrogens (tertiary/aromatic N) is 1. The summed E-state index contributed by atoms with van der Waals surface area (Å²) in [6.45, 7) is 4.54. The van der Waals surface area contributed by atoms with Crippen molar-refractivity contribution in [3.63, 3.8) is 0 Å². The number of epoxide rings is 1. The SMILES string of the molecule is CC1CCCCC1N(C)C[C@H]1CO1. The molecule has 0 spiro atoms. The Labute approximate surface area is 81.3 Å². The maximum atomic E-state index is 5.26. The summed E-state index contributed by atoms with van der Waals surface area (Å²) in [4.78, 5) is 2.52. The Balaban J connectivity index is 1.81. The van der Waals surface area contributed by atoms with Gasteiger partial charge in [-0.15, -0.1) is 0 Å². The van der Waals surface area contributed by atoms with E-state index < -0.39 is 0 Å². The maximum Gasteiger partial charge on any atom is 0.0936 e. The van der Waals surface area contributed by atoms with E-state index >= 15 is 0 Å². The minimum absolute atomic E-state index is 0.555. The largest absolute Gasteiger partial charge is 0.372 e. The molecule has 76 valence electrons. The zero-order valence-electron chi connectivity index (χ0n) is 8.83. The van der Waals surface area contributed by atoms with Gasteiger partial charge in [-0.2, -0.15) is 0 Å². The van der Waals surface area contributed by atoms with Crippen molar-refractivity contribution >= 4 is 0 Å². The van der Waals surface area contributed by atoms with Gasteiger partial charge in [-0.25, -0.2) is 0 Å². The van der Waals surface area contributed by atoms with E-state index in [-0.39, 0.29) is 0 Å². The minimum Gasteiger partial charge on any atom is -0.372 e. The Kier molecular flexibility index (Phi) is 2.89. The molecule has 0 aromatic heterocycles. The molecule has 0 radical (unpaired) electrons. The molecular formula is C11H21NO. The van der Waals surface area contributed by atoms with Gasteiger partial charge in [-0.1, -0.05) is 19.8 Å². The first-order valence-corrected chi connectivity index (χ1v) is 5.59. The number of ether oxygens (including phenoxy) is 1. The lowest BCUT2D eigenvalue weighted by Crippen LogP contribution is -2.40. The van der Waals surface area contributed by atoms with Crippen molar-refractivity contribution in [2.75, 3.05) is 20.2 Å². The highest BCUT2D eigenvalue weighted by Gasteiger charge is 2.30. The lowest BCUT2D eigenvalue weighted by Gasteiger charge is -2.36. The topological polar surface area (TPSA) is 15.8 Å². The van der Waals surface area contributed by atoms with Crippen LogP contribution in [0.15, 0.2) is 0 Å². The highest BCUT2D eigenvalue weighted by molar-refractivity contribution is 4.82. The molecule has 0 amide bonds. The fraction of sp³-hybridized carbons (Fsp3) is 1.00. The molecule has 0 aromatic carbocycles. The monoisotopic (exact) mass is 183 g/mol. The highest BCUT2D eigenvalue weighted by atomic mass is 16.6. The van der Waals surface area contributed by atoms with Gasteiger partial charge in [0.1, 0.15) is 0 Å². The summed E-state index contributed by atoms with van der Waals surface area (Å²) in [5.41, 5.74) is 0. The van der Waals surface area contributed by atoms with Crippen LogP contribution in [0, 0.1) is 5.92 Å². The van der Waals surface area contributed by atoms with E-state index in [0.717, 1.165) is 25.1 Å². The molecule has 0 bridgehead atoms. The van der Waals surface area contributed by atoms with E-state index in [9.17, 15) is 0 Å². The van der Waals surface area contributed by atoms with E-state index in [0.29, 0.717) is 6.10 Å². The average Bonchev–Trinajstić information content (AvgIpc) is 2.89. The van der Waals surface area contributed by atoms with E-state index in [1.165, 1.54) is 25.7 Å². The lowest BCUT2D eigenvalue weighted by atomic mass is 9.85. The molecule has 1 aliphatic carbocycles. The van der Waals surface area contributed by atoms with E-state index in [1.54, 1.807) is 0 Å². The summed E-state index contributed by atoms with van der Waals surface area (Å²) in [5.74, 6) is 0.887. The molecule has 2 nitrogen and oxygen atoms in total. The van der Waals surface area contributed by atoms with Crippen LogP contribution in [0.2, 0.25) is 0 Å². The molecule has 1 saturated heterocycles. The van der Waals surface area contributed by atoms with Crippen LogP contribution >= 0.6 is 0 Å². The average molecular weight is 183 g/mol. The Morgan fingerprint density at radius 1 is 1.31 bits per heavy atom. The molecule has 13 heavy (non-hydrogen) atoms. The number of hydrogen-bond donors (Lipinski definition) is 0. The van der Waals surface area contributed by atoms with Crippen LogP contribution in [0.1, 0.15) is 32.6 Å². The van der Waals surface area contributed by atoms with Crippen LogP contribution in [0.4, 0.5) is 0 Å². The maximum absolute atomic E-state index is 5.26. The number of hydrogen-bond acceptors (Lipinski definition) is 2. The lowest BCUT2D eigenvalue weighted by molar-refractivity contribution is 0.130. The third-order valence-electron chi connectivity index (χ3n) is 3.53. The van der Waals surface area contributed by atoms with Crippen molar-refractivity contribution in [2.45, 2.75) is 44.8 Å². The van der Waals surface area contributed by atoms with Gasteiger partial charge in [0.15, 0.2) is 0 Å². The van der Waals surface area contributed by atoms with Gasteiger partial charge in [0, 0.05) is 12.6 Å². The summed E-state index contributed by atoms with van der Waals surface area (Å²) in [5, 5.41) is 0. The molecular weight excluding hydrogens is 162 g/mol. The van der Waals surface area contributed by atoms with Crippen LogP contribution in [0.3, 0.4) is 0 Å². The van der Waals surface area contributed by atoms with Gasteiger partial charge < -0.3 is 9.64 Å². The molecule has 2 aliphatic rings. The molecule has 0 aromatic rings. The van der Waals surface area contributed by atoms with Crippen molar-refractivity contribution in [1.82, 2.24) is 4.90 Å². The predicted molar refractivity (Wildman–Crippen MR) is 53.8 cm³/mol. The van der Waals surface area contributed by atoms with Gasteiger partial charge >= 0.3 is 0 Å². The quantitative estimate of drug-likeness (QED) is 0.621. The second-order valence-corrected chi connectivity index (χ2v) is 4.72. The van der Waals surface area contributed by atoms with Gasteiger partial charge in [-0.05, 0) is 25.8 Å². The van der Waals surface area contributed by atoms with Crippen LogP contribution in [0.5, 0.6) is 0 Å². The molecule has 2 fully saturated rings. The summed E-state index contributed by atoms with van der Waals surface area (Å²) in [6, 6.07) is 0.818. The zero-order valence-corrected chi connectivity index (χ0v) is 8.83. The Bertz CT molecular complexity index is 167. The molecule has 0 N–H and O–H groups in total. The molecule has 2 unspecified atom stereocenters. The predicted octanol–water partition coefficient (Wildman–Crippen LogP) is 1.90. The summed E-state index contributed by atoms with van der Waals surface area (Å²) in [7, 11) is 2.26. The van der Waals surface area contributed by atoms with E-state index in [1.807, 2.05) is 0 Å². The van der Waals surface area contributed by atoms with Crippen molar-refractivity contribution in [1.29, 1.82) is 0 Å². The molecule has 1 saturated carbocycles. The fourth-order valence-corrected chi connectivity index (χ4v) is 2.58. The zero-order chi connectivity index (χ0) is 9.26. The van der Waals surface area contributed by atoms with Crippen LogP contribution in [-0.4, -0.2) is 37.2 Å². The summed E-state index contributed by atoms with van der Waals surface area (Å²) >= 11 is 0. The normalized spacial score (nSPS) is 39.5. The Morgan fingerprint density at radius 2 is 2.00 bits per heavy atom. The van der Waals surface area contributed by atoms with Crippen molar-refractivity contribution < 1.29 is 4.74 Å². The third kappa shape index (κ3) is 2.44. The molecule has 1 heterocycles. The van der Waals surface area contributed by atoms with Gasteiger partial charge in [0.2, 0.25) is 0 Å². The number of likely N-dealkylation sites (N-methyl/N-ethyl adjacent to an activating group) is 1. The van der Waals surface area contributed by atoms with Crippen molar-refractivity contribution in [3.05, 3.63) is 0 Å². The van der Waals surface area contributed by atoms with Gasteiger partial charge in [0.05, 0.1) is 12.7 Å². The highest BCUT2D eigenvalue weighted by Crippen LogP contribution is 2.28. The molecule has 3 atom stereocenters. The van der Waals surface area contributed by atoms with Crippen LogP contribution in [-0.2, 0) is 4.74 Å². The minimum atomic E-state index is 0.555. The first-order chi connectivity index (χ1) is 6.27. The second kappa shape index (κ2) is 3.97. The molecule has 1 aliphatic heterocycles. The molecule has 2 rings (SSSR count). The Hall–Kier alpha value is -0.0800. The van der Waals surface area contributed by atoms with Gasteiger partial charge in [-0.3, -0.25) is 0 Å². The van der Waals surface area contributed by atoms with Crippen LogP contribution < -0.4 is 0 Å².